The first-order chi connectivity index (χ1) is 22.4. The normalized spacial score (nSPS) is 18.1. The third kappa shape index (κ3) is 14.3. The lowest BCUT2D eigenvalue weighted by molar-refractivity contribution is -0.253. The van der Waals surface area contributed by atoms with Crippen LogP contribution in [0, 0.1) is 0 Å². The molecule has 3 atom stereocenters. The van der Waals surface area contributed by atoms with Crippen molar-refractivity contribution < 1.29 is 29.3 Å². The molecular weight excluding hydrogens is 580 g/mol. The summed E-state index contributed by atoms with van der Waals surface area (Å²) in [5.74, 6) is -1.33. The minimum atomic E-state index is -0.996. The highest BCUT2D eigenvalue weighted by Gasteiger charge is 2.33. The molecule has 0 unspecified atom stereocenters. The second-order valence-electron chi connectivity index (χ2n) is 12.8. The van der Waals surface area contributed by atoms with Gasteiger partial charge in [-0.25, -0.2) is 0 Å². The van der Waals surface area contributed by atoms with Gasteiger partial charge in [-0.15, -0.1) is 0 Å². The van der Waals surface area contributed by atoms with E-state index in [1.807, 2.05) is 36.4 Å². The summed E-state index contributed by atoms with van der Waals surface area (Å²) in [4.78, 5) is 25.5. The Morgan fingerprint density at radius 3 is 1.89 bits per heavy atom. The smallest absolute Gasteiger partial charge is 0.303 e. The van der Waals surface area contributed by atoms with Crippen molar-refractivity contribution in [3.05, 3.63) is 65.2 Å². The van der Waals surface area contributed by atoms with Gasteiger partial charge < -0.3 is 29.9 Å². The van der Waals surface area contributed by atoms with Gasteiger partial charge in [-0.05, 0) is 49.2 Å². The maximum atomic E-state index is 12.1. The molecule has 1 aliphatic rings. The number of nitrogens with one attached hydrogen (secondary N) is 1. The molecule has 8 nitrogen and oxygen atoms in total. The van der Waals surface area contributed by atoms with Crippen molar-refractivity contribution in [2.45, 2.75) is 135 Å². The monoisotopic (exact) mass is 638 g/mol. The molecule has 3 rings (SSSR count). The highest BCUT2D eigenvalue weighted by atomic mass is 16.7. The molecule has 8 heteroatoms. The average Bonchev–Trinajstić information content (AvgIpc) is 3.07. The fourth-order valence-corrected chi connectivity index (χ4v) is 6.01. The third-order valence-electron chi connectivity index (χ3n) is 8.77. The predicted octanol–water partition coefficient (Wildman–Crippen LogP) is 8.55. The number of hydrogen-bond donors (Lipinski definition) is 3. The van der Waals surface area contributed by atoms with E-state index in [1.54, 1.807) is 12.1 Å². The zero-order valence-electron chi connectivity index (χ0n) is 28.3. The molecule has 0 aliphatic carbocycles. The summed E-state index contributed by atoms with van der Waals surface area (Å²) in [6, 6.07) is 15.4. The van der Waals surface area contributed by atoms with Crippen molar-refractivity contribution in [2.75, 3.05) is 25.0 Å². The number of anilines is 1. The Balaban J connectivity index is 1.70. The lowest BCUT2D eigenvalue weighted by Gasteiger charge is -2.38. The number of amides is 1. The quantitative estimate of drug-likeness (QED) is 0.105. The van der Waals surface area contributed by atoms with Gasteiger partial charge in [0.05, 0.1) is 25.2 Å². The molecule has 256 valence electrons. The number of rotatable bonds is 23. The number of unbranched alkanes of at least 4 members (excludes halogenated alkanes) is 10. The standard InChI is InChI=1S/C38H58N2O6/c1-3-5-7-9-11-13-25-40(26-14-12-10-8-6-4-2)28-34-27-35(31-17-15-30(29-41)16-18-31)46-38(45-34)32-19-21-33(22-20-32)39-36(42)23-24-37(43)44/h15-22,34-35,38,41H,3-14,23-29H2,1-2H3,(H,39,42)(H,43,44)/t34-,35+,38+/m1/s1. The Hall–Kier alpha value is -2.78. The lowest BCUT2D eigenvalue weighted by Crippen LogP contribution is -2.40. The van der Waals surface area contributed by atoms with Crippen LogP contribution in [0.5, 0.6) is 0 Å². The zero-order valence-corrected chi connectivity index (χ0v) is 28.3. The van der Waals surface area contributed by atoms with Crippen LogP contribution in [0.2, 0.25) is 0 Å². The molecule has 3 N–H and O–H groups in total. The Morgan fingerprint density at radius 2 is 1.33 bits per heavy atom. The van der Waals surface area contributed by atoms with Crippen molar-refractivity contribution in [3.63, 3.8) is 0 Å². The van der Waals surface area contributed by atoms with Crippen LogP contribution in [0.1, 0.15) is 139 Å². The maximum Gasteiger partial charge on any atom is 0.303 e. The molecule has 0 spiro atoms. The zero-order chi connectivity index (χ0) is 33.0. The van der Waals surface area contributed by atoms with Crippen LogP contribution in [0.4, 0.5) is 5.69 Å². The number of benzene rings is 2. The van der Waals surface area contributed by atoms with Crippen molar-refractivity contribution in [1.29, 1.82) is 0 Å². The molecule has 1 heterocycles. The Bertz CT molecular complexity index is 1110. The highest BCUT2D eigenvalue weighted by molar-refractivity contribution is 5.92. The second-order valence-corrected chi connectivity index (χ2v) is 12.8. The number of carboxylic acid groups (broad SMARTS) is 1. The topological polar surface area (TPSA) is 108 Å². The van der Waals surface area contributed by atoms with Gasteiger partial charge >= 0.3 is 5.97 Å². The first-order valence-corrected chi connectivity index (χ1v) is 17.8. The van der Waals surface area contributed by atoms with Gasteiger partial charge in [0.2, 0.25) is 5.91 Å². The number of aliphatic carboxylic acids is 1. The van der Waals surface area contributed by atoms with Gasteiger partial charge in [0.15, 0.2) is 6.29 Å². The van der Waals surface area contributed by atoms with Gasteiger partial charge in [-0.1, -0.05) is 114 Å². The van der Waals surface area contributed by atoms with Crippen LogP contribution < -0.4 is 5.32 Å². The van der Waals surface area contributed by atoms with E-state index in [-0.39, 0.29) is 37.6 Å². The maximum absolute atomic E-state index is 12.1. The third-order valence-corrected chi connectivity index (χ3v) is 8.77. The van der Waals surface area contributed by atoms with Crippen LogP contribution in [0.15, 0.2) is 48.5 Å². The van der Waals surface area contributed by atoms with Gasteiger partial charge in [0, 0.05) is 30.6 Å². The number of nitrogens with zero attached hydrogens (tertiary/aromatic N) is 1. The number of aliphatic hydroxyl groups excluding tert-OH is 1. The number of ether oxygens (including phenoxy) is 2. The molecule has 1 aliphatic heterocycles. The minimum absolute atomic E-state index is 0.00517. The molecule has 0 saturated carbocycles. The Morgan fingerprint density at radius 1 is 0.761 bits per heavy atom. The predicted molar refractivity (Wildman–Crippen MR) is 184 cm³/mol. The van der Waals surface area contributed by atoms with Crippen LogP contribution in [-0.2, 0) is 25.7 Å². The first kappa shape index (κ1) is 37.7. The number of hydrogen-bond acceptors (Lipinski definition) is 6. The van der Waals surface area contributed by atoms with Crippen molar-refractivity contribution in [1.82, 2.24) is 4.90 Å². The van der Waals surface area contributed by atoms with Gasteiger partial charge in [-0.2, -0.15) is 0 Å². The molecule has 2 aromatic rings. The van der Waals surface area contributed by atoms with E-state index in [9.17, 15) is 14.7 Å². The van der Waals surface area contributed by atoms with Crippen molar-refractivity contribution >= 4 is 17.6 Å². The molecule has 0 radical (unpaired) electrons. The number of carbonyl (C=O) groups excluding carboxylic acids is 1. The second kappa shape index (κ2) is 21.9. The number of aliphatic hydroxyl groups is 1. The summed E-state index contributed by atoms with van der Waals surface area (Å²) >= 11 is 0. The summed E-state index contributed by atoms with van der Waals surface area (Å²) in [7, 11) is 0. The van der Waals surface area contributed by atoms with Crippen LogP contribution in [0.3, 0.4) is 0 Å². The van der Waals surface area contributed by atoms with E-state index < -0.39 is 12.3 Å². The van der Waals surface area contributed by atoms with E-state index in [1.165, 1.54) is 77.0 Å². The molecule has 1 amide bonds. The number of carbonyl (C=O) groups is 2. The average molecular weight is 639 g/mol. The fourth-order valence-electron chi connectivity index (χ4n) is 6.01. The van der Waals surface area contributed by atoms with Crippen LogP contribution in [-0.4, -0.2) is 52.7 Å². The largest absolute Gasteiger partial charge is 0.481 e. The summed E-state index contributed by atoms with van der Waals surface area (Å²) < 4.78 is 13.2. The summed E-state index contributed by atoms with van der Waals surface area (Å²) in [5.41, 5.74) is 3.40. The SMILES string of the molecule is CCCCCCCCN(CCCCCCCC)C[C@H]1C[C@@H](c2ccc(CO)cc2)O[C@@H](c2ccc(NC(=O)CCC(=O)O)cc2)O1. The van der Waals surface area contributed by atoms with E-state index in [4.69, 9.17) is 14.6 Å². The molecule has 1 fully saturated rings. The van der Waals surface area contributed by atoms with E-state index in [0.717, 1.165) is 42.7 Å². The minimum Gasteiger partial charge on any atom is -0.481 e. The summed E-state index contributed by atoms with van der Waals surface area (Å²) in [6.45, 7) is 7.54. The molecule has 0 bridgehead atoms. The first-order valence-electron chi connectivity index (χ1n) is 17.8. The van der Waals surface area contributed by atoms with Crippen molar-refractivity contribution in [2.24, 2.45) is 0 Å². The van der Waals surface area contributed by atoms with Gasteiger partial charge in [0.25, 0.3) is 0 Å². The van der Waals surface area contributed by atoms with Crippen LogP contribution in [0.25, 0.3) is 0 Å². The van der Waals surface area contributed by atoms with Gasteiger partial charge in [-0.3, -0.25) is 9.59 Å². The van der Waals surface area contributed by atoms with E-state index in [2.05, 4.69) is 24.1 Å². The molecular formula is C38H58N2O6. The van der Waals surface area contributed by atoms with Gasteiger partial charge in [0.1, 0.15) is 0 Å². The van der Waals surface area contributed by atoms with Crippen molar-refractivity contribution in [3.8, 4) is 0 Å². The fraction of sp³-hybridized carbons (Fsp3) is 0.632. The molecule has 2 aromatic carbocycles. The molecule has 46 heavy (non-hydrogen) atoms. The molecule has 1 saturated heterocycles. The molecule has 0 aromatic heterocycles. The Kier molecular flexibility index (Phi) is 17.9. The summed E-state index contributed by atoms with van der Waals surface area (Å²) in [5, 5.41) is 21.2. The van der Waals surface area contributed by atoms with Crippen LogP contribution >= 0.6 is 0 Å². The highest BCUT2D eigenvalue weighted by Crippen LogP contribution is 2.38. The Labute approximate surface area is 276 Å². The van der Waals surface area contributed by atoms with E-state index in [0.29, 0.717) is 5.69 Å². The number of carboxylic acids is 1. The lowest BCUT2D eigenvalue weighted by atomic mass is 9.99. The summed E-state index contributed by atoms with van der Waals surface area (Å²) in [6.07, 6.45) is 15.1. The van der Waals surface area contributed by atoms with E-state index >= 15 is 0 Å².